The molecule has 0 aliphatic heterocycles. The van der Waals surface area contributed by atoms with Crippen molar-refractivity contribution in [3.8, 4) is 0 Å². The highest BCUT2D eigenvalue weighted by Crippen LogP contribution is 1.89. The Labute approximate surface area is 63.6 Å². The fourth-order valence-corrected chi connectivity index (χ4v) is 0.702. The molecule has 0 aliphatic carbocycles. The Morgan fingerprint density at radius 1 is 1.30 bits per heavy atom. The van der Waals surface area contributed by atoms with E-state index in [1.165, 1.54) is 0 Å². The lowest BCUT2D eigenvalue weighted by Gasteiger charge is -2.07. The van der Waals surface area contributed by atoms with Gasteiger partial charge in [-0.05, 0) is 32.4 Å². The van der Waals surface area contributed by atoms with Gasteiger partial charge in [-0.25, -0.2) is 0 Å². The maximum atomic E-state index is 8.88. The van der Waals surface area contributed by atoms with Gasteiger partial charge in [-0.2, -0.15) is 0 Å². The molecule has 0 spiro atoms. The van der Waals surface area contributed by atoms with E-state index in [-0.39, 0.29) is 6.10 Å². The lowest BCUT2D eigenvalue weighted by molar-refractivity contribution is 0.183. The second kappa shape index (κ2) is 5.69. The van der Waals surface area contributed by atoms with Gasteiger partial charge in [0, 0.05) is 0 Å². The Hall–Kier alpha value is -0.0800. The smallest absolute Gasteiger partial charge is 0.0524 e. The molecule has 2 N–H and O–H groups in total. The van der Waals surface area contributed by atoms with E-state index in [1.807, 2.05) is 6.92 Å². The third kappa shape index (κ3) is 7.92. The standard InChI is InChI=1S/C8H19NO/c1-7(2)6-9-5-4-8(3)10/h7-10H,4-6H2,1-3H3/t8-/m0/s1. The van der Waals surface area contributed by atoms with Gasteiger partial charge in [0.15, 0.2) is 0 Å². The molecule has 2 heteroatoms. The highest BCUT2D eigenvalue weighted by atomic mass is 16.3. The monoisotopic (exact) mass is 145 g/mol. The minimum absolute atomic E-state index is 0.167. The van der Waals surface area contributed by atoms with Crippen LogP contribution in [0.1, 0.15) is 27.2 Å². The molecule has 0 aromatic carbocycles. The number of hydrogen-bond donors (Lipinski definition) is 2. The SMILES string of the molecule is CC(C)CNCC[C@H](C)O. The summed E-state index contributed by atoms with van der Waals surface area (Å²) in [5.41, 5.74) is 0. The molecule has 10 heavy (non-hydrogen) atoms. The van der Waals surface area contributed by atoms with Crippen LogP contribution in [0.15, 0.2) is 0 Å². The van der Waals surface area contributed by atoms with Crippen LogP contribution in [0.5, 0.6) is 0 Å². The lowest BCUT2D eigenvalue weighted by atomic mass is 10.2. The lowest BCUT2D eigenvalue weighted by Crippen LogP contribution is -2.23. The maximum absolute atomic E-state index is 8.88. The molecule has 0 saturated heterocycles. The molecular formula is C8H19NO. The average molecular weight is 145 g/mol. The molecule has 0 heterocycles. The highest BCUT2D eigenvalue weighted by molar-refractivity contribution is 4.53. The van der Waals surface area contributed by atoms with E-state index in [9.17, 15) is 0 Å². The summed E-state index contributed by atoms with van der Waals surface area (Å²) in [5.74, 6) is 0.703. The van der Waals surface area contributed by atoms with E-state index in [0.717, 1.165) is 19.5 Å². The van der Waals surface area contributed by atoms with Gasteiger partial charge >= 0.3 is 0 Å². The van der Waals surface area contributed by atoms with Crippen LogP contribution in [0.4, 0.5) is 0 Å². The summed E-state index contributed by atoms with van der Waals surface area (Å²) >= 11 is 0. The summed E-state index contributed by atoms with van der Waals surface area (Å²) in [4.78, 5) is 0. The fourth-order valence-electron chi connectivity index (χ4n) is 0.702. The molecule has 2 nitrogen and oxygen atoms in total. The minimum Gasteiger partial charge on any atom is -0.393 e. The van der Waals surface area contributed by atoms with Gasteiger partial charge in [0.2, 0.25) is 0 Å². The van der Waals surface area contributed by atoms with Gasteiger partial charge in [-0.1, -0.05) is 13.8 Å². The van der Waals surface area contributed by atoms with E-state index in [0.29, 0.717) is 5.92 Å². The highest BCUT2D eigenvalue weighted by Gasteiger charge is 1.95. The number of nitrogens with one attached hydrogen (secondary N) is 1. The zero-order valence-corrected chi connectivity index (χ0v) is 7.22. The summed E-state index contributed by atoms with van der Waals surface area (Å²) in [6.07, 6.45) is 0.687. The van der Waals surface area contributed by atoms with Crippen molar-refractivity contribution in [3.05, 3.63) is 0 Å². The zero-order valence-electron chi connectivity index (χ0n) is 7.22. The summed E-state index contributed by atoms with van der Waals surface area (Å²) in [7, 11) is 0. The quantitative estimate of drug-likeness (QED) is 0.566. The molecule has 1 atom stereocenters. The molecule has 0 aliphatic rings. The molecular weight excluding hydrogens is 126 g/mol. The predicted molar refractivity (Wildman–Crippen MR) is 44.0 cm³/mol. The number of hydrogen-bond acceptors (Lipinski definition) is 2. The topological polar surface area (TPSA) is 32.3 Å². The van der Waals surface area contributed by atoms with Crippen LogP contribution in [-0.4, -0.2) is 24.3 Å². The molecule has 0 aromatic rings. The van der Waals surface area contributed by atoms with Gasteiger partial charge in [-0.15, -0.1) is 0 Å². The summed E-state index contributed by atoms with van der Waals surface area (Å²) in [6.45, 7) is 8.14. The van der Waals surface area contributed by atoms with Gasteiger partial charge in [0.25, 0.3) is 0 Å². The van der Waals surface area contributed by atoms with Crippen molar-refractivity contribution in [2.75, 3.05) is 13.1 Å². The Bertz CT molecular complexity index is 61.7. The molecule has 0 saturated carbocycles. The molecule has 0 amide bonds. The largest absolute Gasteiger partial charge is 0.393 e. The number of aliphatic hydroxyl groups is 1. The van der Waals surface area contributed by atoms with E-state index < -0.39 is 0 Å². The molecule has 62 valence electrons. The zero-order chi connectivity index (χ0) is 7.98. The molecule has 0 bridgehead atoms. The second-order valence-corrected chi connectivity index (χ2v) is 3.24. The Balaban J connectivity index is 2.91. The van der Waals surface area contributed by atoms with Crippen molar-refractivity contribution in [1.82, 2.24) is 5.32 Å². The van der Waals surface area contributed by atoms with Crippen molar-refractivity contribution in [1.29, 1.82) is 0 Å². The summed E-state index contributed by atoms with van der Waals surface area (Å²) in [6, 6.07) is 0. The van der Waals surface area contributed by atoms with E-state index in [2.05, 4.69) is 19.2 Å². The van der Waals surface area contributed by atoms with Gasteiger partial charge in [-0.3, -0.25) is 0 Å². The van der Waals surface area contributed by atoms with E-state index in [4.69, 9.17) is 5.11 Å². The molecule has 0 aromatic heterocycles. The van der Waals surface area contributed by atoms with Crippen LogP contribution < -0.4 is 5.32 Å². The van der Waals surface area contributed by atoms with Crippen molar-refractivity contribution in [3.63, 3.8) is 0 Å². The third-order valence-electron chi connectivity index (χ3n) is 1.29. The van der Waals surface area contributed by atoms with Crippen LogP contribution in [-0.2, 0) is 0 Å². The fraction of sp³-hybridized carbons (Fsp3) is 1.00. The van der Waals surface area contributed by atoms with E-state index in [1.54, 1.807) is 0 Å². The normalized spacial score (nSPS) is 14.1. The van der Waals surface area contributed by atoms with Gasteiger partial charge in [0.1, 0.15) is 0 Å². The Morgan fingerprint density at radius 2 is 1.90 bits per heavy atom. The first-order valence-electron chi connectivity index (χ1n) is 4.01. The average Bonchev–Trinajstić information content (AvgIpc) is 1.79. The van der Waals surface area contributed by atoms with Crippen molar-refractivity contribution < 1.29 is 5.11 Å². The first-order valence-corrected chi connectivity index (χ1v) is 4.01. The van der Waals surface area contributed by atoms with Crippen LogP contribution in [0.3, 0.4) is 0 Å². The first-order chi connectivity index (χ1) is 4.63. The van der Waals surface area contributed by atoms with Crippen LogP contribution >= 0.6 is 0 Å². The van der Waals surface area contributed by atoms with Crippen LogP contribution in [0.25, 0.3) is 0 Å². The first kappa shape index (κ1) is 9.92. The Morgan fingerprint density at radius 3 is 2.30 bits per heavy atom. The Kier molecular flexibility index (Phi) is 5.64. The molecule has 0 fully saturated rings. The molecule has 0 rings (SSSR count). The second-order valence-electron chi connectivity index (χ2n) is 3.24. The third-order valence-corrected chi connectivity index (χ3v) is 1.29. The van der Waals surface area contributed by atoms with Crippen LogP contribution in [0.2, 0.25) is 0 Å². The minimum atomic E-state index is -0.167. The van der Waals surface area contributed by atoms with Crippen LogP contribution in [0, 0.1) is 5.92 Å². The van der Waals surface area contributed by atoms with Crippen molar-refractivity contribution in [2.45, 2.75) is 33.3 Å². The predicted octanol–water partition coefficient (Wildman–Crippen LogP) is 1.00. The molecule has 0 unspecified atom stereocenters. The molecule has 0 radical (unpaired) electrons. The van der Waals surface area contributed by atoms with Gasteiger partial charge < -0.3 is 10.4 Å². The van der Waals surface area contributed by atoms with Crippen molar-refractivity contribution >= 4 is 0 Å². The van der Waals surface area contributed by atoms with Crippen molar-refractivity contribution in [2.24, 2.45) is 5.92 Å². The maximum Gasteiger partial charge on any atom is 0.0524 e. The summed E-state index contributed by atoms with van der Waals surface area (Å²) in [5, 5.41) is 12.1. The van der Waals surface area contributed by atoms with E-state index >= 15 is 0 Å². The summed E-state index contributed by atoms with van der Waals surface area (Å²) < 4.78 is 0. The van der Waals surface area contributed by atoms with Gasteiger partial charge in [0.05, 0.1) is 6.10 Å². The number of rotatable bonds is 5. The number of aliphatic hydroxyl groups excluding tert-OH is 1.